The smallest absolute Gasteiger partial charge is 0.272 e. The van der Waals surface area contributed by atoms with Crippen LogP contribution in [-0.2, 0) is 14.2 Å². The third-order valence-electron chi connectivity index (χ3n) is 8.56. The molecule has 0 bridgehead atoms. The molecule has 0 radical (unpaired) electrons. The molecular weight excluding hydrogens is 506 g/mol. The SMILES string of the molecule is CO[C@@H]1COCC[C@@H]1NC1CCN(C(=O)c2nc(C)nc(NC[C@@H]3CCC[C@H](c4cccc(C)c4)O3)c2C)CC1. The van der Waals surface area contributed by atoms with E-state index in [0.717, 1.165) is 56.5 Å². The van der Waals surface area contributed by atoms with E-state index in [4.69, 9.17) is 14.2 Å². The topological polar surface area (TPSA) is 97.8 Å². The number of aryl methyl sites for hydroxylation is 2. The highest BCUT2D eigenvalue weighted by Crippen LogP contribution is 2.32. The van der Waals surface area contributed by atoms with Gasteiger partial charge in [-0.2, -0.15) is 0 Å². The summed E-state index contributed by atoms with van der Waals surface area (Å²) in [5.74, 6) is 1.30. The zero-order valence-corrected chi connectivity index (χ0v) is 24.4. The number of rotatable bonds is 8. The summed E-state index contributed by atoms with van der Waals surface area (Å²) >= 11 is 0. The van der Waals surface area contributed by atoms with Gasteiger partial charge in [-0.15, -0.1) is 0 Å². The summed E-state index contributed by atoms with van der Waals surface area (Å²) in [4.78, 5) is 24.7. The molecule has 0 saturated carbocycles. The minimum Gasteiger partial charge on any atom is -0.379 e. The van der Waals surface area contributed by atoms with Gasteiger partial charge in [0.1, 0.15) is 17.3 Å². The van der Waals surface area contributed by atoms with E-state index in [1.54, 1.807) is 7.11 Å². The summed E-state index contributed by atoms with van der Waals surface area (Å²) in [6.45, 7) is 9.37. The number of hydrogen-bond donors (Lipinski definition) is 2. The zero-order valence-electron chi connectivity index (χ0n) is 24.4. The van der Waals surface area contributed by atoms with Crippen LogP contribution < -0.4 is 10.6 Å². The molecule has 1 aromatic heterocycles. The maximum absolute atomic E-state index is 13.6. The van der Waals surface area contributed by atoms with Crippen LogP contribution in [0.1, 0.15) is 77.6 Å². The molecule has 1 amide bonds. The molecule has 9 nitrogen and oxygen atoms in total. The van der Waals surface area contributed by atoms with Gasteiger partial charge in [0.05, 0.1) is 24.9 Å². The van der Waals surface area contributed by atoms with Gasteiger partial charge in [-0.05, 0) is 64.9 Å². The number of carbonyl (C=O) groups excluding carboxylic acids is 1. The van der Waals surface area contributed by atoms with Crippen LogP contribution in [0.15, 0.2) is 24.3 Å². The summed E-state index contributed by atoms with van der Waals surface area (Å²) in [5, 5.41) is 7.25. The Morgan fingerprint density at radius 1 is 1.10 bits per heavy atom. The molecule has 4 atom stereocenters. The van der Waals surface area contributed by atoms with Crippen LogP contribution in [0.25, 0.3) is 0 Å². The number of likely N-dealkylation sites (tertiary alicyclic amines) is 1. The number of benzene rings is 1. The van der Waals surface area contributed by atoms with Crippen molar-refractivity contribution in [3.05, 3.63) is 52.5 Å². The molecule has 3 aliphatic heterocycles. The van der Waals surface area contributed by atoms with Crippen molar-refractivity contribution in [1.29, 1.82) is 0 Å². The highest BCUT2D eigenvalue weighted by Gasteiger charge is 2.31. The van der Waals surface area contributed by atoms with E-state index < -0.39 is 0 Å². The number of carbonyl (C=O) groups is 1. The van der Waals surface area contributed by atoms with Crippen molar-refractivity contribution in [3.8, 4) is 0 Å². The number of nitrogens with zero attached hydrogens (tertiary/aromatic N) is 3. The summed E-state index contributed by atoms with van der Waals surface area (Å²) < 4.78 is 17.6. The monoisotopic (exact) mass is 551 g/mol. The number of amides is 1. The molecule has 1 aromatic carbocycles. The number of piperidine rings is 1. The van der Waals surface area contributed by atoms with E-state index in [1.165, 1.54) is 11.1 Å². The van der Waals surface area contributed by atoms with E-state index in [0.29, 0.717) is 49.8 Å². The van der Waals surface area contributed by atoms with Crippen molar-refractivity contribution in [2.24, 2.45) is 0 Å². The first-order valence-corrected chi connectivity index (χ1v) is 14.9. The second kappa shape index (κ2) is 13.4. The Balaban J connectivity index is 1.17. The Bertz CT molecular complexity index is 1150. The number of aromatic nitrogens is 2. The second-order valence-corrected chi connectivity index (χ2v) is 11.5. The van der Waals surface area contributed by atoms with E-state index >= 15 is 0 Å². The van der Waals surface area contributed by atoms with Crippen molar-refractivity contribution < 1.29 is 19.0 Å². The normalized spacial score (nSPS) is 26.1. The molecule has 0 spiro atoms. The van der Waals surface area contributed by atoms with Crippen LogP contribution in [0.5, 0.6) is 0 Å². The number of hydrogen-bond acceptors (Lipinski definition) is 8. The third-order valence-corrected chi connectivity index (χ3v) is 8.56. The lowest BCUT2D eigenvalue weighted by Crippen LogP contribution is -2.54. The maximum Gasteiger partial charge on any atom is 0.272 e. The average Bonchev–Trinajstić information content (AvgIpc) is 2.98. The number of ether oxygens (including phenoxy) is 3. The lowest BCUT2D eigenvalue weighted by molar-refractivity contribution is -0.0533. The van der Waals surface area contributed by atoms with Crippen LogP contribution in [0.4, 0.5) is 5.82 Å². The lowest BCUT2D eigenvalue weighted by Gasteiger charge is -2.38. The molecule has 9 heteroatoms. The molecule has 0 unspecified atom stereocenters. The summed E-state index contributed by atoms with van der Waals surface area (Å²) in [6.07, 6.45) is 6.24. The van der Waals surface area contributed by atoms with Crippen molar-refractivity contribution in [3.63, 3.8) is 0 Å². The van der Waals surface area contributed by atoms with Gasteiger partial charge >= 0.3 is 0 Å². The third kappa shape index (κ3) is 7.00. The first-order valence-electron chi connectivity index (χ1n) is 14.9. The Labute approximate surface area is 238 Å². The number of nitrogens with one attached hydrogen (secondary N) is 2. The Morgan fingerprint density at radius 2 is 1.93 bits per heavy atom. The number of anilines is 1. The van der Waals surface area contributed by atoms with Gasteiger partial charge in [-0.3, -0.25) is 4.79 Å². The standard InChI is InChI=1S/C31H45N5O4/c1-20-7-5-8-23(17-20)27-10-6-9-25(40-27)18-32-30-21(2)29(33-22(3)34-30)31(37)36-14-11-24(12-15-36)35-26-13-16-39-19-28(26)38-4/h5,7-8,17,24-28,35H,6,9-16,18-19H2,1-4H3,(H,32,33,34)/t25-,26-,27+,28+/m0/s1. The quantitative estimate of drug-likeness (QED) is 0.506. The van der Waals surface area contributed by atoms with Crippen molar-refractivity contribution in [2.75, 3.05) is 45.3 Å². The Hall–Kier alpha value is -2.59. The summed E-state index contributed by atoms with van der Waals surface area (Å²) in [6, 6.07) is 9.26. The van der Waals surface area contributed by atoms with E-state index in [1.807, 2.05) is 18.7 Å². The largest absolute Gasteiger partial charge is 0.379 e. The van der Waals surface area contributed by atoms with E-state index in [2.05, 4.69) is 51.8 Å². The minimum absolute atomic E-state index is 0.0150. The predicted molar refractivity (Wildman–Crippen MR) is 155 cm³/mol. The first-order chi connectivity index (χ1) is 19.4. The molecule has 3 saturated heterocycles. The molecule has 2 N–H and O–H groups in total. The fourth-order valence-corrected chi connectivity index (χ4v) is 6.22. The zero-order chi connectivity index (χ0) is 28.1. The molecule has 3 aliphatic rings. The van der Waals surface area contributed by atoms with E-state index in [-0.39, 0.29) is 24.2 Å². The Morgan fingerprint density at radius 3 is 2.70 bits per heavy atom. The predicted octanol–water partition coefficient (Wildman–Crippen LogP) is 4.12. The highest BCUT2D eigenvalue weighted by atomic mass is 16.5. The van der Waals surface area contributed by atoms with E-state index in [9.17, 15) is 4.79 Å². The molecule has 40 heavy (non-hydrogen) atoms. The van der Waals surface area contributed by atoms with Crippen molar-refractivity contribution in [2.45, 2.75) is 89.7 Å². The van der Waals surface area contributed by atoms with Gasteiger partial charge in [0.15, 0.2) is 0 Å². The lowest BCUT2D eigenvalue weighted by atomic mass is 9.97. The highest BCUT2D eigenvalue weighted by molar-refractivity contribution is 5.94. The molecule has 4 heterocycles. The fraction of sp³-hybridized carbons (Fsp3) is 0.645. The van der Waals surface area contributed by atoms with Crippen LogP contribution in [0.2, 0.25) is 0 Å². The minimum atomic E-state index is -0.0150. The van der Waals surface area contributed by atoms with Crippen molar-refractivity contribution in [1.82, 2.24) is 20.2 Å². The molecule has 5 rings (SSSR count). The van der Waals surface area contributed by atoms with Crippen LogP contribution in [0.3, 0.4) is 0 Å². The number of methoxy groups -OCH3 is 1. The molecule has 218 valence electrons. The second-order valence-electron chi connectivity index (χ2n) is 11.5. The Kier molecular flexibility index (Phi) is 9.68. The fourth-order valence-electron chi connectivity index (χ4n) is 6.22. The van der Waals surface area contributed by atoms with Crippen LogP contribution in [0, 0.1) is 20.8 Å². The first kappa shape index (κ1) is 28.9. The summed E-state index contributed by atoms with van der Waals surface area (Å²) in [5.41, 5.74) is 3.79. The van der Waals surface area contributed by atoms with Crippen molar-refractivity contribution >= 4 is 11.7 Å². The van der Waals surface area contributed by atoms with Gasteiger partial charge in [-0.25, -0.2) is 9.97 Å². The maximum atomic E-state index is 13.6. The average molecular weight is 552 g/mol. The molecule has 2 aromatic rings. The van der Waals surface area contributed by atoms with Gasteiger partial charge < -0.3 is 29.7 Å². The van der Waals surface area contributed by atoms with Crippen LogP contribution >= 0.6 is 0 Å². The van der Waals surface area contributed by atoms with Gasteiger partial charge in [0, 0.05) is 51.0 Å². The van der Waals surface area contributed by atoms with Gasteiger partial charge in [0.2, 0.25) is 0 Å². The molecule has 3 fully saturated rings. The van der Waals surface area contributed by atoms with Gasteiger partial charge in [-0.1, -0.05) is 29.8 Å². The van der Waals surface area contributed by atoms with Gasteiger partial charge in [0.25, 0.3) is 5.91 Å². The summed E-state index contributed by atoms with van der Waals surface area (Å²) in [7, 11) is 1.74. The molecule has 0 aliphatic carbocycles. The molecular formula is C31H45N5O4. The van der Waals surface area contributed by atoms with Crippen LogP contribution in [-0.4, -0.2) is 85.0 Å².